The highest BCUT2D eigenvalue weighted by molar-refractivity contribution is 7.09. The van der Waals surface area contributed by atoms with E-state index in [1.165, 1.54) is 11.3 Å². The van der Waals surface area contributed by atoms with Crippen molar-refractivity contribution >= 4 is 29.1 Å². The number of thiazole rings is 1. The molecule has 2 saturated heterocycles. The SMILES string of the molecule is CCCc1nc(C(=O)N2CCC3(CC2)[C@H](C(=O)O)CC(=O)N3C)cs1. The number of carboxylic acid groups (broad SMARTS) is 1. The molecule has 2 fully saturated rings. The van der Waals surface area contributed by atoms with Crippen LogP contribution in [0.25, 0.3) is 0 Å². The van der Waals surface area contributed by atoms with Crippen LogP contribution in [0.2, 0.25) is 0 Å². The summed E-state index contributed by atoms with van der Waals surface area (Å²) in [5.74, 6) is -1.86. The molecule has 25 heavy (non-hydrogen) atoms. The van der Waals surface area contributed by atoms with Crippen LogP contribution in [0.3, 0.4) is 0 Å². The van der Waals surface area contributed by atoms with Crippen molar-refractivity contribution in [3.8, 4) is 0 Å². The van der Waals surface area contributed by atoms with Crippen LogP contribution in [0.15, 0.2) is 5.38 Å². The molecule has 0 bridgehead atoms. The van der Waals surface area contributed by atoms with E-state index >= 15 is 0 Å². The van der Waals surface area contributed by atoms with Crippen molar-refractivity contribution in [3.63, 3.8) is 0 Å². The van der Waals surface area contributed by atoms with Crippen LogP contribution >= 0.6 is 11.3 Å². The zero-order valence-electron chi connectivity index (χ0n) is 14.5. The molecule has 1 N–H and O–H groups in total. The lowest BCUT2D eigenvalue weighted by atomic mass is 9.77. The van der Waals surface area contributed by atoms with E-state index < -0.39 is 17.4 Å². The van der Waals surface area contributed by atoms with E-state index in [0.717, 1.165) is 17.8 Å². The molecule has 0 radical (unpaired) electrons. The summed E-state index contributed by atoms with van der Waals surface area (Å²) in [6.45, 7) is 2.97. The van der Waals surface area contributed by atoms with Crippen molar-refractivity contribution in [2.24, 2.45) is 5.92 Å². The Morgan fingerprint density at radius 2 is 2.08 bits per heavy atom. The van der Waals surface area contributed by atoms with Gasteiger partial charge in [-0.05, 0) is 25.7 Å². The van der Waals surface area contributed by atoms with Crippen LogP contribution in [-0.4, -0.2) is 63.4 Å². The van der Waals surface area contributed by atoms with E-state index in [0.29, 0.717) is 31.6 Å². The molecule has 1 aromatic heterocycles. The number of aromatic nitrogens is 1. The quantitative estimate of drug-likeness (QED) is 0.876. The molecule has 1 spiro atoms. The fraction of sp³-hybridized carbons (Fsp3) is 0.647. The second kappa shape index (κ2) is 6.74. The molecule has 8 heteroatoms. The Morgan fingerprint density at radius 1 is 1.40 bits per heavy atom. The average molecular weight is 365 g/mol. The van der Waals surface area contributed by atoms with Crippen LogP contribution in [-0.2, 0) is 16.0 Å². The zero-order valence-corrected chi connectivity index (χ0v) is 15.3. The highest BCUT2D eigenvalue weighted by Gasteiger charge is 2.55. The van der Waals surface area contributed by atoms with Crippen LogP contribution in [0.1, 0.15) is 48.1 Å². The number of aryl methyl sites for hydroxylation is 1. The number of aliphatic carboxylic acids is 1. The molecule has 136 valence electrons. The van der Waals surface area contributed by atoms with Gasteiger partial charge in [-0.15, -0.1) is 11.3 Å². The minimum absolute atomic E-state index is 0.0479. The third-order valence-electron chi connectivity index (χ3n) is 5.52. The second-order valence-corrected chi connectivity index (χ2v) is 7.76. The van der Waals surface area contributed by atoms with Gasteiger partial charge in [0.2, 0.25) is 5.91 Å². The minimum Gasteiger partial charge on any atom is -0.481 e. The predicted molar refractivity (Wildman–Crippen MR) is 92.5 cm³/mol. The summed E-state index contributed by atoms with van der Waals surface area (Å²) in [4.78, 5) is 44.0. The van der Waals surface area contributed by atoms with Crippen LogP contribution in [0, 0.1) is 5.92 Å². The zero-order chi connectivity index (χ0) is 18.2. The molecule has 0 aromatic carbocycles. The summed E-state index contributed by atoms with van der Waals surface area (Å²) < 4.78 is 0. The highest BCUT2D eigenvalue weighted by atomic mass is 32.1. The minimum atomic E-state index is -0.929. The molecular formula is C17H23N3O4S. The van der Waals surface area contributed by atoms with E-state index in [9.17, 15) is 19.5 Å². The van der Waals surface area contributed by atoms with Gasteiger partial charge in [0.1, 0.15) is 5.69 Å². The van der Waals surface area contributed by atoms with E-state index in [1.54, 1.807) is 22.2 Å². The number of likely N-dealkylation sites (tertiary alicyclic amines) is 2. The van der Waals surface area contributed by atoms with Crippen molar-refractivity contribution in [2.45, 2.75) is 44.6 Å². The number of amides is 2. The first-order chi connectivity index (χ1) is 11.9. The Labute approximate surface area is 150 Å². The number of piperidine rings is 1. The van der Waals surface area contributed by atoms with Gasteiger partial charge in [0.05, 0.1) is 16.5 Å². The smallest absolute Gasteiger partial charge is 0.309 e. The van der Waals surface area contributed by atoms with Gasteiger partial charge in [-0.2, -0.15) is 0 Å². The maximum absolute atomic E-state index is 12.7. The fourth-order valence-electron chi connectivity index (χ4n) is 3.98. The summed E-state index contributed by atoms with van der Waals surface area (Å²) in [6.07, 6.45) is 2.89. The standard InChI is InChI=1S/C17H23N3O4S/c1-3-4-13-18-12(10-25-13)15(22)20-7-5-17(6-8-20)11(16(23)24)9-14(21)19(17)2/h10-11H,3-9H2,1-2H3,(H,23,24)/t11-/m0/s1. The molecule has 2 aliphatic rings. The third-order valence-corrected chi connectivity index (χ3v) is 6.43. The van der Waals surface area contributed by atoms with Crippen molar-refractivity contribution in [1.29, 1.82) is 0 Å². The van der Waals surface area contributed by atoms with E-state index in [-0.39, 0.29) is 18.2 Å². The monoisotopic (exact) mass is 365 g/mol. The summed E-state index contributed by atoms with van der Waals surface area (Å²) in [5.41, 5.74) is -0.204. The number of rotatable bonds is 4. The van der Waals surface area contributed by atoms with Gasteiger partial charge in [-0.25, -0.2) is 4.98 Å². The first-order valence-electron chi connectivity index (χ1n) is 8.62. The molecule has 2 amide bonds. The average Bonchev–Trinajstić information content (AvgIpc) is 3.15. The van der Waals surface area contributed by atoms with E-state index in [4.69, 9.17) is 0 Å². The molecule has 7 nitrogen and oxygen atoms in total. The maximum Gasteiger partial charge on any atom is 0.309 e. The van der Waals surface area contributed by atoms with Gasteiger partial charge in [0, 0.05) is 31.9 Å². The summed E-state index contributed by atoms with van der Waals surface area (Å²) in [6, 6.07) is 0. The molecule has 0 saturated carbocycles. The van der Waals surface area contributed by atoms with Crippen molar-refractivity contribution < 1.29 is 19.5 Å². The molecule has 2 aliphatic heterocycles. The largest absolute Gasteiger partial charge is 0.481 e. The topological polar surface area (TPSA) is 90.8 Å². The highest BCUT2D eigenvalue weighted by Crippen LogP contribution is 2.43. The third kappa shape index (κ3) is 3.03. The van der Waals surface area contributed by atoms with Crippen molar-refractivity contribution in [2.75, 3.05) is 20.1 Å². The lowest BCUT2D eigenvalue weighted by molar-refractivity contribution is -0.145. The van der Waals surface area contributed by atoms with Gasteiger partial charge in [-0.3, -0.25) is 14.4 Å². The molecule has 3 heterocycles. The first-order valence-corrected chi connectivity index (χ1v) is 9.50. The summed E-state index contributed by atoms with van der Waals surface area (Å²) >= 11 is 1.50. The van der Waals surface area contributed by atoms with E-state index in [2.05, 4.69) is 11.9 Å². The summed E-state index contributed by atoms with van der Waals surface area (Å²) in [7, 11) is 1.68. The Balaban J connectivity index is 1.71. The molecule has 0 unspecified atom stereocenters. The lowest BCUT2D eigenvalue weighted by Crippen LogP contribution is -2.57. The number of nitrogens with zero attached hydrogens (tertiary/aromatic N) is 3. The lowest BCUT2D eigenvalue weighted by Gasteiger charge is -2.45. The van der Waals surface area contributed by atoms with Gasteiger partial charge < -0.3 is 14.9 Å². The predicted octanol–water partition coefficient (Wildman–Crippen LogP) is 1.63. The van der Waals surface area contributed by atoms with Gasteiger partial charge >= 0.3 is 5.97 Å². The van der Waals surface area contributed by atoms with Crippen molar-refractivity contribution in [3.05, 3.63) is 16.1 Å². The Hall–Kier alpha value is -1.96. The normalized spacial score (nSPS) is 22.6. The first kappa shape index (κ1) is 17.8. The Bertz CT molecular complexity index is 694. The molecule has 0 aliphatic carbocycles. The van der Waals surface area contributed by atoms with Crippen LogP contribution in [0.4, 0.5) is 0 Å². The molecular weight excluding hydrogens is 342 g/mol. The van der Waals surface area contributed by atoms with Crippen LogP contribution in [0.5, 0.6) is 0 Å². The van der Waals surface area contributed by atoms with Gasteiger partial charge in [0.25, 0.3) is 5.91 Å². The van der Waals surface area contributed by atoms with Crippen LogP contribution < -0.4 is 0 Å². The summed E-state index contributed by atoms with van der Waals surface area (Å²) in [5, 5.41) is 12.3. The molecule has 3 rings (SSSR count). The maximum atomic E-state index is 12.7. The number of carboxylic acids is 1. The Kier molecular flexibility index (Phi) is 4.81. The molecule has 1 aromatic rings. The molecule has 1 atom stereocenters. The number of carbonyl (C=O) groups is 3. The number of hydrogen-bond acceptors (Lipinski definition) is 5. The second-order valence-electron chi connectivity index (χ2n) is 6.82. The number of hydrogen-bond donors (Lipinski definition) is 1. The van der Waals surface area contributed by atoms with E-state index in [1.807, 2.05) is 0 Å². The fourth-order valence-corrected chi connectivity index (χ4v) is 4.86. The Morgan fingerprint density at radius 3 is 2.68 bits per heavy atom. The van der Waals surface area contributed by atoms with Gasteiger partial charge in [0.15, 0.2) is 0 Å². The van der Waals surface area contributed by atoms with Crippen molar-refractivity contribution in [1.82, 2.24) is 14.8 Å². The van der Waals surface area contributed by atoms with Gasteiger partial charge in [-0.1, -0.05) is 6.92 Å². The number of carbonyl (C=O) groups excluding carboxylic acids is 2.